The summed E-state index contributed by atoms with van der Waals surface area (Å²) in [5.74, 6) is -4.51. The van der Waals surface area contributed by atoms with Crippen molar-refractivity contribution in [1.29, 1.82) is 0 Å². The maximum Gasteiger partial charge on any atom is 0.407 e. The molecule has 2 bridgehead atoms. The molecule has 1 amide bonds. The number of carbonyl (C=O) groups excluding carboxylic acids is 4. The molecule has 11 atom stereocenters. The Kier molecular flexibility index (Phi) is 15.5. The van der Waals surface area contributed by atoms with Crippen molar-refractivity contribution in [1.82, 2.24) is 5.32 Å². The molecule has 3 fully saturated rings. The number of ether oxygens (including phenoxy) is 4. The molecule has 292 valence electrons. The number of allylic oxidation sites excluding steroid dienone is 1. The minimum absolute atomic E-state index is 0. The Labute approximate surface area is 386 Å². The number of ketones is 1. The maximum atomic E-state index is 14.6. The van der Waals surface area contributed by atoms with E-state index in [4.69, 9.17) is 18.9 Å². The third-order valence-corrected chi connectivity index (χ3v) is 11.6. The summed E-state index contributed by atoms with van der Waals surface area (Å²) in [5.41, 5.74) is -6.82. The predicted molar refractivity (Wildman–Crippen MR) is 183 cm³/mol. The summed E-state index contributed by atoms with van der Waals surface area (Å²) in [6.07, 6.45) is -10.2. The van der Waals surface area contributed by atoms with Crippen LogP contribution in [-0.2, 0) is 28.5 Å². The molecule has 4 aliphatic rings. The summed E-state index contributed by atoms with van der Waals surface area (Å²) < 4.78 is 22.8. The van der Waals surface area contributed by atoms with Crippen LogP contribution in [-0.4, -0.2) is 116 Å². The van der Waals surface area contributed by atoms with Crippen LogP contribution in [0.5, 0.6) is 0 Å². The smallest absolute Gasteiger partial charge is 0.407 e. The topological polar surface area (TPSA) is 218 Å². The van der Waals surface area contributed by atoms with E-state index >= 15 is 0 Å². The number of rotatable bonds is 8. The van der Waals surface area contributed by atoms with Crippen molar-refractivity contribution in [3.63, 3.8) is 0 Å². The number of hydrogen-bond acceptors (Lipinski definition) is 13. The van der Waals surface area contributed by atoms with Crippen LogP contribution in [0.25, 0.3) is 0 Å². The molecule has 3 aliphatic carbocycles. The Balaban J connectivity index is 0.00000392. The van der Waals surface area contributed by atoms with Crippen molar-refractivity contribution in [2.45, 2.75) is 128 Å². The number of fused-ring (bicyclic) bond motifs is 5. The minimum atomic E-state index is -2.29. The van der Waals surface area contributed by atoms with Crippen LogP contribution in [0.3, 0.4) is 0 Å². The number of amides is 1. The van der Waals surface area contributed by atoms with E-state index < -0.39 is 107 Å². The molecule has 2 radical (unpaired) electrons. The van der Waals surface area contributed by atoms with E-state index in [2.05, 4.69) is 5.32 Å². The Morgan fingerprint density at radius 3 is 2.17 bits per heavy atom. The van der Waals surface area contributed by atoms with Gasteiger partial charge in [-0.05, 0) is 64.8 Å². The number of benzene rings is 1. The van der Waals surface area contributed by atoms with Gasteiger partial charge in [0, 0.05) is 112 Å². The summed E-state index contributed by atoms with van der Waals surface area (Å²) in [6, 6.07) is 6.60. The summed E-state index contributed by atoms with van der Waals surface area (Å²) in [4.78, 5) is 54.6. The Hall–Kier alpha value is -0.777. The van der Waals surface area contributed by atoms with Gasteiger partial charge in [-0.2, -0.15) is 0 Å². The zero-order valence-corrected chi connectivity index (χ0v) is 41.4. The first-order valence-corrected chi connectivity index (χ1v) is 17.6. The number of aliphatic hydroxyl groups is 5. The Morgan fingerprint density at radius 1 is 1.02 bits per heavy atom. The van der Waals surface area contributed by atoms with E-state index in [1.165, 1.54) is 32.1 Å². The van der Waals surface area contributed by atoms with Crippen LogP contribution in [0.1, 0.15) is 78.6 Å². The van der Waals surface area contributed by atoms with Gasteiger partial charge in [0.15, 0.2) is 11.9 Å². The number of nitrogens with one attached hydrogen (secondary N) is 1. The van der Waals surface area contributed by atoms with Gasteiger partial charge in [-0.3, -0.25) is 4.79 Å². The first-order valence-electron chi connectivity index (χ1n) is 17.6. The van der Waals surface area contributed by atoms with Gasteiger partial charge in [-0.1, -0.05) is 43.7 Å². The molecule has 5 rings (SSSR count). The quantitative estimate of drug-likeness (QED) is 0.125. The number of carbonyl (C=O) groups is 4. The molecule has 6 N–H and O–H groups in total. The van der Waals surface area contributed by atoms with Crippen molar-refractivity contribution in [2.24, 2.45) is 16.7 Å². The summed E-state index contributed by atoms with van der Waals surface area (Å²) in [5, 5.41) is 62.5. The van der Waals surface area contributed by atoms with E-state index in [9.17, 15) is 44.7 Å². The molecule has 54 heavy (non-hydrogen) atoms. The molecule has 1 aliphatic heterocycles. The Bertz CT molecular complexity index is 1660. The number of alkyl carbamates (subject to hydrolysis) is 1. The van der Waals surface area contributed by atoms with Crippen LogP contribution < -0.4 is 5.32 Å². The zero-order valence-electron chi connectivity index (χ0n) is 31.9. The van der Waals surface area contributed by atoms with Gasteiger partial charge in [0.2, 0.25) is 0 Å². The SMILES string of the molecule is CC(C)=CC(NC(=O)OC(C)C)C(O)C(=O)OC1CC2(O)C(OC(=O)c3ccccc3)C3C4(O)COC4CC(O)[C@@]3(C)C(=O)C(O)C(=C1C)C2(C)C.[Ac].[Ac]. The second-order valence-corrected chi connectivity index (χ2v) is 15.9. The number of hydrogen-bond donors (Lipinski definition) is 6. The maximum absolute atomic E-state index is 14.6. The number of esters is 2. The van der Waals surface area contributed by atoms with Crippen LogP contribution in [0.15, 0.2) is 53.1 Å². The molecule has 0 aromatic heterocycles. The van der Waals surface area contributed by atoms with Crippen molar-refractivity contribution in [3.8, 4) is 0 Å². The second kappa shape index (κ2) is 17.6. The van der Waals surface area contributed by atoms with Crippen molar-refractivity contribution < 1.29 is 152 Å². The molecule has 0 spiro atoms. The molecule has 2 saturated carbocycles. The average molecular weight is 1180 g/mol. The fourth-order valence-corrected chi connectivity index (χ4v) is 8.69. The van der Waals surface area contributed by atoms with Crippen LogP contribution in [0.4, 0.5) is 4.79 Å². The molecular weight excluding hydrogens is 1130 g/mol. The minimum Gasteiger partial charge on any atom is -0.456 e. The molecule has 1 saturated heterocycles. The molecule has 14 nitrogen and oxygen atoms in total. The summed E-state index contributed by atoms with van der Waals surface area (Å²) >= 11 is 0. The largest absolute Gasteiger partial charge is 0.456 e. The van der Waals surface area contributed by atoms with E-state index in [1.807, 2.05) is 0 Å². The van der Waals surface area contributed by atoms with Crippen molar-refractivity contribution in [3.05, 3.63) is 58.7 Å². The third-order valence-electron chi connectivity index (χ3n) is 11.6. The first kappa shape index (κ1) is 47.6. The standard InChI is InChI=1S/C38H51NO13.2Ac/c1-18(2)14-22(39-34(46)50-19(3)4)27(41)33(45)51-23-16-38(48)31(52-32(44)21-12-10-9-11-13-21)29-36(8,24(40)15-25-37(29,47)17-49-25)30(43)28(42)26(20(23)5)35(38,6)7;;/h9-14,19,22-25,27-29,31,40-42,47-48H,15-17H2,1-8H3,(H,39,46);;/t22?,23?,24?,25?,27?,28?,29?,31?,36-,37?,38?;;/m1../s1. The monoisotopic (exact) mass is 1180 g/mol. The van der Waals surface area contributed by atoms with Gasteiger partial charge in [0.1, 0.15) is 29.5 Å². The zero-order chi connectivity index (χ0) is 38.7. The fourth-order valence-electron chi connectivity index (χ4n) is 8.69. The van der Waals surface area contributed by atoms with Gasteiger partial charge in [0.05, 0.1) is 41.9 Å². The molecule has 10 unspecified atom stereocenters. The fraction of sp³-hybridized carbons (Fsp3) is 0.632. The van der Waals surface area contributed by atoms with Crippen molar-refractivity contribution >= 4 is 23.8 Å². The van der Waals surface area contributed by atoms with Crippen LogP contribution in [0, 0.1) is 105 Å². The summed E-state index contributed by atoms with van der Waals surface area (Å²) in [7, 11) is 0. The van der Waals surface area contributed by atoms with E-state index in [0.29, 0.717) is 5.57 Å². The van der Waals surface area contributed by atoms with Gasteiger partial charge in [0.25, 0.3) is 0 Å². The van der Waals surface area contributed by atoms with Crippen LogP contribution >= 0.6 is 0 Å². The predicted octanol–water partition coefficient (Wildman–Crippen LogP) is 1.89. The van der Waals surface area contributed by atoms with E-state index in [0.717, 1.165) is 0 Å². The second-order valence-electron chi connectivity index (χ2n) is 15.9. The van der Waals surface area contributed by atoms with Crippen molar-refractivity contribution in [2.75, 3.05) is 6.61 Å². The molecule has 1 heterocycles. The van der Waals surface area contributed by atoms with E-state index in [-0.39, 0.29) is 118 Å². The number of Topliss-reactive ketones (excluding diaryl/α,β-unsaturated/α-hetero) is 1. The van der Waals surface area contributed by atoms with Gasteiger partial charge in [-0.25, -0.2) is 14.4 Å². The normalized spacial score (nSPS) is 34.7. The number of aliphatic hydroxyl groups excluding tert-OH is 3. The summed E-state index contributed by atoms with van der Waals surface area (Å²) in [6.45, 7) is 12.3. The molecule has 16 heteroatoms. The van der Waals surface area contributed by atoms with E-state index in [1.54, 1.807) is 59.7 Å². The van der Waals surface area contributed by atoms with Gasteiger partial charge >= 0.3 is 18.0 Å². The Morgan fingerprint density at radius 2 is 1.63 bits per heavy atom. The van der Waals surface area contributed by atoms with Gasteiger partial charge < -0.3 is 49.8 Å². The molecular formula is C38H51Ac2NO13. The molecule has 1 aromatic rings. The first-order chi connectivity index (χ1) is 24.1. The average Bonchev–Trinajstić information content (AvgIpc) is 3.06. The molecule has 1 aromatic carbocycles. The third kappa shape index (κ3) is 8.24. The van der Waals surface area contributed by atoms with Crippen LogP contribution in [0.2, 0.25) is 0 Å². The van der Waals surface area contributed by atoms with Gasteiger partial charge in [-0.15, -0.1) is 0 Å².